The van der Waals surface area contributed by atoms with Crippen molar-refractivity contribution in [1.82, 2.24) is 9.55 Å². The summed E-state index contributed by atoms with van der Waals surface area (Å²) in [6.45, 7) is 5.66. The molecule has 0 radical (unpaired) electrons. The van der Waals surface area contributed by atoms with Gasteiger partial charge >= 0.3 is 0 Å². The van der Waals surface area contributed by atoms with Gasteiger partial charge in [0.1, 0.15) is 6.33 Å². The third-order valence-electron chi connectivity index (χ3n) is 5.38. The molecule has 1 unspecified atom stereocenters. The second-order valence-corrected chi connectivity index (χ2v) is 7.28. The van der Waals surface area contributed by atoms with Gasteiger partial charge < -0.3 is 14.4 Å². The molecular weight excluding hydrogens is 378 g/mol. The van der Waals surface area contributed by atoms with Crippen molar-refractivity contribution in [3.63, 3.8) is 0 Å². The first-order valence-electron chi connectivity index (χ1n) is 10.5. The number of aryl methyl sites for hydroxylation is 1. The smallest absolute Gasteiger partial charge is 0.236 e. The number of fused-ring (bicyclic) bond motifs is 1. The van der Waals surface area contributed by atoms with Crippen LogP contribution in [-0.4, -0.2) is 35.2 Å². The molecule has 1 aliphatic heterocycles. The van der Waals surface area contributed by atoms with Crippen molar-refractivity contribution in [1.29, 1.82) is 0 Å². The molecule has 4 rings (SSSR count). The van der Waals surface area contributed by atoms with Crippen LogP contribution in [0.3, 0.4) is 0 Å². The Morgan fingerprint density at radius 2 is 1.83 bits per heavy atom. The fourth-order valence-electron chi connectivity index (χ4n) is 3.97. The summed E-state index contributed by atoms with van der Waals surface area (Å²) in [4.78, 5) is 19.4. The number of carbonyl (C=O) groups is 1. The largest absolute Gasteiger partial charge is 0.490 e. The molecule has 1 atom stereocenters. The molecule has 0 bridgehead atoms. The Kier molecular flexibility index (Phi) is 6.02. The van der Waals surface area contributed by atoms with Crippen LogP contribution in [0.4, 0.5) is 11.4 Å². The van der Waals surface area contributed by atoms with Gasteiger partial charge in [-0.3, -0.25) is 9.36 Å². The predicted molar refractivity (Wildman–Crippen MR) is 117 cm³/mol. The standard InChI is InChI=1S/C24H27N3O3/c1-3-29-22-14-18-10-11-19(24(28)26-13-12-25-17-26)16-27(20-8-6-5-7-9-20)21(18)15-23(22)30-4-2/h5-9,12-15,17,19H,3-4,10-11,16H2,1-2H3. The number of hydrogen-bond donors (Lipinski definition) is 0. The van der Waals surface area contributed by atoms with E-state index in [0.717, 1.165) is 41.3 Å². The fourth-order valence-corrected chi connectivity index (χ4v) is 3.97. The number of nitrogens with zero attached hydrogens (tertiary/aromatic N) is 3. The number of hydrogen-bond acceptors (Lipinski definition) is 5. The van der Waals surface area contributed by atoms with Gasteiger partial charge in [-0.1, -0.05) is 18.2 Å². The van der Waals surface area contributed by atoms with Crippen LogP contribution < -0.4 is 14.4 Å². The minimum atomic E-state index is -0.155. The fraction of sp³-hybridized carbons (Fsp3) is 0.333. The molecule has 6 heteroatoms. The summed E-state index contributed by atoms with van der Waals surface area (Å²) in [6.07, 6.45) is 6.48. The summed E-state index contributed by atoms with van der Waals surface area (Å²) in [5.41, 5.74) is 3.27. The van der Waals surface area contributed by atoms with E-state index in [2.05, 4.69) is 34.1 Å². The summed E-state index contributed by atoms with van der Waals surface area (Å²) in [5.74, 6) is 1.40. The van der Waals surface area contributed by atoms with Gasteiger partial charge in [0.15, 0.2) is 11.5 Å². The zero-order valence-electron chi connectivity index (χ0n) is 17.5. The van der Waals surface area contributed by atoms with Gasteiger partial charge in [-0.2, -0.15) is 0 Å². The number of benzene rings is 2. The Hall–Kier alpha value is -3.28. The summed E-state index contributed by atoms with van der Waals surface area (Å²) in [6, 6.07) is 14.3. The number of anilines is 2. The van der Waals surface area contributed by atoms with Gasteiger partial charge in [0.25, 0.3) is 0 Å². The maximum Gasteiger partial charge on any atom is 0.236 e. The lowest BCUT2D eigenvalue weighted by Crippen LogP contribution is -2.31. The van der Waals surface area contributed by atoms with Crippen molar-refractivity contribution >= 4 is 17.3 Å². The molecule has 30 heavy (non-hydrogen) atoms. The molecule has 0 N–H and O–H groups in total. The highest BCUT2D eigenvalue weighted by atomic mass is 16.5. The highest BCUT2D eigenvalue weighted by Crippen LogP contribution is 2.41. The molecule has 2 heterocycles. The topological polar surface area (TPSA) is 56.6 Å². The predicted octanol–water partition coefficient (Wildman–Crippen LogP) is 4.72. The summed E-state index contributed by atoms with van der Waals surface area (Å²) in [5, 5.41) is 0. The molecule has 156 valence electrons. The molecule has 2 aromatic carbocycles. The molecular formula is C24H27N3O3. The van der Waals surface area contributed by atoms with Crippen LogP contribution in [0.2, 0.25) is 0 Å². The maximum absolute atomic E-state index is 13.1. The Labute approximate surface area is 177 Å². The van der Waals surface area contributed by atoms with Crippen molar-refractivity contribution < 1.29 is 14.3 Å². The number of aromatic nitrogens is 2. The first-order valence-corrected chi connectivity index (χ1v) is 10.5. The van der Waals surface area contributed by atoms with Gasteiger partial charge in [-0.25, -0.2) is 4.98 Å². The van der Waals surface area contributed by atoms with Gasteiger partial charge in [0.05, 0.1) is 19.1 Å². The number of ether oxygens (including phenoxy) is 2. The average molecular weight is 405 g/mol. The van der Waals surface area contributed by atoms with Gasteiger partial charge in [0, 0.05) is 36.4 Å². The molecule has 1 aliphatic rings. The number of imidazole rings is 1. The Balaban J connectivity index is 1.77. The van der Waals surface area contributed by atoms with E-state index in [4.69, 9.17) is 9.47 Å². The van der Waals surface area contributed by atoms with Crippen LogP contribution >= 0.6 is 0 Å². The first kappa shape index (κ1) is 20.0. The molecule has 3 aromatic rings. The Morgan fingerprint density at radius 1 is 1.10 bits per heavy atom. The van der Waals surface area contributed by atoms with Crippen LogP contribution in [0.25, 0.3) is 0 Å². The van der Waals surface area contributed by atoms with Gasteiger partial charge in [-0.15, -0.1) is 0 Å². The van der Waals surface area contributed by atoms with Crippen LogP contribution in [0, 0.1) is 5.92 Å². The number of para-hydroxylation sites is 1. The zero-order chi connectivity index (χ0) is 20.9. The van der Waals surface area contributed by atoms with Crippen molar-refractivity contribution in [2.75, 3.05) is 24.7 Å². The van der Waals surface area contributed by atoms with Crippen LogP contribution in [0.5, 0.6) is 11.5 Å². The average Bonchev–Trinajstić information content (AvgIpc) is 3.24. The van der Waals surface area contributed by atoms with Crippen molar-refractivity contribution in [3.05, 3.63) is 66.7 Å². The quantitative estimate of drug-likeness (QED) is 0.594. The van der Waals surface area contributed by atoms with Crippen LogP contribution in [-0.2, 0) is 6.42 Å². The van der Waals surface area contributed by atoms with E-state index in [1.165, 1.54) is 0 Å². The molecule has 0 amide bonds. The zero-order valence-corrected chi connectivity index (χ0v) is 17.5. The Bertz CT molecular complexity index is 986. The van der Waals surface area contributed by atoms with Crippen molar-refractivity contribution in [3.8, 4) is 11.5 Å². The van der Waals surface area contributed by atoms with E-state index >= 15 is 0 Å². The third-order valence-corrected chi connectivity index (χ3v) is 5.38. The highest BCUT2D eigenvalue weighted by molar-refractivity contribution is 5.83. The van der Waals surface area contributed by atoms with E-state index in [1.807, 2.05) is 32.0 Å². The van der Waals surface area contributed by atoms with E-state index in [-0.39, 0.29) is 11.8 Å². The molecule has 0 aliphatic carbocycles. The van der Waals surface area contributed by atoms with E-state index in [0.29, 0.717) is 19.8 Å². The molecule has 0 saturated heterocycles. The molecule has 0 spiro atoms. The summed E-state index contributed by atoms with van der Waals surface area (Å²) < 4.78 is 13.3. The molecule has 1 aromatic heterocycles. The van der Waals surface area contributed by atoms with Crippen LogP contribution in [0.1, 0.15) is 30.6 Å². The molecule has 0 saturated carbocycles. The summed E-state index contributed by atoms with van der Waals surface area (Å²) in [7, 11) is 0. The second-order valence-electron chi connectivity index (χ2n) is 7.28. The lowest BCUT2D eigenvalue weighted by atomic mass is 10.00. The first-order chi connectivity index (χ1) is 14.7. The SMILES string of the molecule is CCOc1cc2c(cc1OCC)N(c1ccccc1)CC(C(=O)n1ccnc1)CC2. The maximum atomic E-state index is 13.1. The highest BCUT2D eigenvalue weighted by Gasteiger charge is 2.29. The lowest BCUT2D eigenvalue weighted by Gasteiger charge is -2.28. The van der Waals surface area contributed by atoms with E-state index < -0.39 is 0 Å². The minimum Gasteiger partial charge on any atom is -0.490 e. The summed E-state index contributed by atoms with van der Waals surface area (Å²) >= 11 is 0. The molecule has 0 fully saturated rings. The van der Waals surface area contributed by atoms with Crippen molar-refractivity contribution in [2.45, 2.75) is 26.7 Å². The minimum absolute atomic E-state index is 0.0660. The Morgan fingerprint density at radius 3 is 2.50 bits per heavy atom. The third kappa shape index (κ3) is 4.03. The van der Waals surface area contributed by atoms with Gasteiger partial charge in [-0.05, 0) is 50.5 Å². The second kappa shape index (κ2) is 9.03. The van der Waals surface area contributed by atoms with E-state index in [1.54, 1.807) is 23.3 Å². The van der Waals surface area contributed by atoms with Crippen LogP contribution in [0.15, 0.2) is 61.2 Å². The lowest BCUT2D eigenvalue weighted by molar-refractivity contribution is 0.0833. The molecule has 6 nitrogen and oxygen atoms in total. The van der Waals surface area contributed by atoms with Crippen molar-refractivity contribution in [2.24, 2.45) is 5.92 Å². The van der Waals surface area contributed by atoms with Gasteiger partial charge in [0.2, 0.25) is 5.91 Å². The number of carbonyl (C=O) groups excluding carboxylic acids is 1. The number of rotatable bonds is 6. The normalized spacial score (nSPS) is 15.9. The van der Waals surface area contributed by atoms with E-state index in [9.17, 15) is 4.79 Å². The monoisotopic (exact) mass is 405 g/mol.